The molecule has 2 aliphatic heterocycles. The molecule has 1 atom stereocenters. The lowest BCUT2D eigenvalue weighted by Crippen LogP contribution is -2.57. The molecule has 88 valence electrons. The van der Waals surface area contributed by atoms with E-state index >= 15 is 0 Å². The van der Waals surface area contributed by atoms with E-state index in [-0.39, 0.29) is 0 Å². The van der Waals surface area contributed by atoms with E-state index in [1.165, 1.54) is 45.6 Å². The van der Waals surface area contributed by atoms with Crippen molar-refractivity contribution in [1.82, 2.24) is 15.1 Å². The van der Waals surface area contributed by atoms with Gasteiger partial charge in [0.05, 0.1) is 0 Å². The van der Waals surface area contributed by atoms with E-state index in [2.05, 4.69) is 36.0 Å². The van der Waals surface area contributed by atoms with Gasteiger partial charge in [0.2, 0.25) is 0 Å². The van der Waals surface area contributed by atoms with Crippen molar-refractivity contribution in [2.24, 2.45) is 0 Å². The van der Waals surface area contributed by atoms with Crippen LogP contribution in [0.3, 0.4) is 0 Å². The molecule has 2 saturated heterocycles. The summed E-state index contributed by atoms with van der Waals surface area (Å²) in [6.07, 6.45) is 2.70. The van der Waals surface area contributed by atoms with Crippen LogP contribution in [-0.4, -0.2) is 61.2 Å². The number of hydrogen-bond donors (Lipinski definition) is 1. The van der Waals surface area contributed by atoms with E-state index in [9.17, 15) is 0 Å². The van der Waals surface area contributed by atoms with Gasteiger partial charge in [-0.15, -0.1) is 0 Å². The molecule has 1 unspecified atom stereocenters. The molecule has 0 radical (unpaired) electrons. The van der Waals surface area contributed by atoms with Crippen molar-refractivity contribution in [3.8, 4) is 0 Å². The molecule has 0 aromatic rings. The van der Waals surface area contributed by atoms with Gasteiger partial charge in [0.25, 0.3) is 0 Å². The molecule has 1 N–H and O–H groups in total. The van der Waals surface area contributed by atoms with Gasteiger partial charge in [-0.25, -0.2) is 0 Å². The third-order valence-corrected chi connectivity index (χ3v) is 4.28. The summed E-state index contributed by atoms with van der Waals surface area (Å²) in [6.45, 7) is 10.8. The lowest BCUT2D eigenvalue weighted by Gasteiger charge is -2.47. The summed E-state index contributed by atoms with van der Waals surface area (Å²) in [5, 5.41) is 3.43. The summed E-state index contributed by atoms with van der Waals surface area (Å²) >= 11 is 0. The minimum Gasteiger partial charge on any atom is -0.314 e. The van der Waals surface area contributed by atoms with E-state index in [0.717, 1.165) is 6.04 Å². The highest BCUT2D eigenvalue weighted by Gasteiger charge is 2.34. The number of hydrogen-bond acceptors (Lipinski definition) is 3. The van der Waals surface area contributed by atoms with Crippen LogP contribution >= 0.6 is 0 Å². The molecular weight excluding hydrogens is 186 g/mol. The fourth-order valence-corrected chi connectivity index (χ4v) is 2.71. The highest BCUT2D eigenvalue weighted by molar-refractivity contribution is 4.91. The third-order valence-electron chi connectivity index (χ3n) is 4.28. The largest absolute Gasteiger partial charge is 0.314 e. The minimum atomic E-state index is 0.407. The van der Waals surface area contributed by atoms with E-state index in [4.69, 9.17) is 0 Å². The van der Waals surface area contributed by atoms with Gasteiger partial charge in [-0.2, -0.15) is 0 Å². The van der Waals surface area contributed by atoms with Crippen LogP contribution in [0.15, 0.2) is 0 Å². The van der Waals surface area contributed by atoms with Gasteiger partial charge < -0.3 is 5.32 Å². The molecule has 3 nitrogen and oxygen atoms in total. The van der Waals surface area contributed by atoms with Gasteiger partial charge in [0, 0.05) is 44.3 Å². The number of nitrogens with one attached hydrogen (secondary N) is 1. The molecular formula is C12H25N3. The van der Waals surface area contributed by atoms with Crippen LogP contribution in [0, 0.1) is 0 Å². The molecule has 0 aliphatic carbocycles. The zero-order valence-corrected chi connectivity index (χ0v) is 10.4. The Morgan fingerprint density at radius 3 is 2.47 bits per heavy atom. The summed E-state index contributed by atoms with van der Waals surface area (Å²) in [4.78, 5) is 5.20. The molecule has 0 spiro atoms. The van der Waals surface area contributed by atoms with Crippen molar-refractivity contribution in [3.63, 3.8) is 0 Å². The summed E-state index contributed by atoms with van der Waals surface area (Å²) < 4.78 is 0. The Hall–Kier alpha value is -0.120. The summed E-state index contributed by atoms with van der Waals surface area (Å²) in [5.74, 6) is 0. The van der Waals surface area contributed by atoms with Crippen LogP contribution in [0.25, 0.3) is 0 Å². The zero-order chi connectivity index (χ0) is 10.9. The van der Waals surface area contributed by atoms with Gasteiger partial charge >= 0.3 is 0 Å². The lowest BCUT2D eigenvalue weighted by molar-refractivity contribution is 0.0303. The number of piperidine rings is 1. The SMILES string of the molecule is CN1CC(N2CCNCC2)CCC1(C)C. The Kier molecular flexibility index (Phi) is 3.33. The van der Waals surface area contributed by atoms with Crippen LogP contribution in [0.1, 0.15) is 26.7 Å². The Morgan fingerprint density at radius 1 is 1.20 bits per heavy atom. The predicted molar refractivity (Wildman–Crippen MR) is 64.2 cm³/mol. The second-order valence-electron chi connectivity index (χ2n) is 5.67. The fraction of sp³-hybridized carbons (Fsp3) is 1.00. The Morgan fingerprint density at radius 2 is 1.87 bits per heavy atom. The molecule has 2 heterocycles. The second-order valence-corrected chi connectivity index (χ2v) is 5.67. The van der Waals surface area contributed by atoms with Crippen molar-refractivity contribution in [1.29, 1.82) is 0 Å². The predicted octanol–water partition coefficient (Wildman–Crippen LogP) is 0.764. The summed E-state index contributed by atoms with van der Waals surface area (Å²) in [5.41, 5.74) is 0.407. The van der Waals surface area contributed by atoms with Gasteiger partial charge in [0.1, 0.15) is 0 Å². The maximum absolute atomic E-state index is 3.43. The minimum absolute atomic E-state index is 0.407. The first kappa shape index (κ1) is 11.4. The van der Waals surface area contributed by atoms with Crippen molar-refractivity contribution in [3.05, 3.63) is 0 Å². The summed E-state index contributed by atoms with van der Waals surface area (Å²) in [6, 6.07) is 0.796. The topological polar surface area (TPSA) is 18.5 Å². The highest BCUT2D eigenvalue weighted by atomic mass is 15.3. The van der Waals surface area contributed by atoms with Crippen molar-refractivity contribution >= 4 is 0 Å². The van der Waals surface area contributed by atoms with Crippen molar-refractivity contribution < 1.29 is 0 Å². The van der Waals surface area contributed by atoms with E-state index < -0.39 is 0 Å². The van der Waals surface area contributed by atoms with Crippen LogP contribution in [0.2, 0.25) is 0 Å². The monoisotopic (exact) mass is 211 g/mol. The molecule has 0 amide bonds. The number of likely N-dealkylation sites (tertiary alicyclic amines) is 1. The van der Waals surface area contributed by atoms with Gasteiger partial charge in [-0.1, -0.05) is 0 Å². The first-order valence-electron chi connectivity index (χ1n) is 6.25. The fourth-order valence-electron chi connectivity index (χ4n) is 2.71. The second kappa shape index (κ2) is 4.40. The molecule has 2 aliphatic rings. The van der Waals surface area contributed by atoms with Crippen LogP contribution in [0.4, 0.5) is 0 Å². The number of likely N-dealkylation sites (N-methyl/N-ethyl adjacent to an activating group) is 1. The Labute approximate surface area is 93.8 Å². The smallest absolute Gasteiger partial charge is 0.0225 e. The molecule has 0 bridgehead atoms. The number of nitrogens with zero attached hydrogens (tertiary/aromatic N) is 2. The molecule has 2 fully saturated rings. The zero-order valence-electron chi connectivity index (χ0n) is 10.4. The molecule has 0 saturated carbocycles. The van der Waals surface area contributed by atoms with Crippen molar-refractivity contribution in [2.75, 3.05) is 39.8 Å². The van der Waals surface area contributed by atoms with Gasteiger partial charge in [-0.05, 0) is 33.7 Å². The molecule has 3 heteroatoms. The van der Waals surface area contributed by atoms with Crippen molar-refractivity contribution in [2.45, 2.75) is 38.3 Å². The van der Waals surface area contributed by atoms with Crippen LogP contribution in [-0.2, 0) is 0 Å². The number of piperazine rings is 1. The maximum Gasteiger partial charge on any atom is 0.0225 e. The highest BCUT2D eigenvalue weighted by Crippen LogP contribution is 2.28. The molecule has 0 aromatic heterocycles. The first-order chi connectivity index (χ1) is 7.09. The van der Waals surface area contributed by atoms with Crippen LogP contribution < -0.4 is 5.32 Å². The Balaban J connectivity index is 1.90. The first-order valence-corrected chi connectivity index (χ1v) is 6.25. The van der Waals surface area contributed by atoms with Gasteiger partial charge in [0.15, 0.2) is 0 Å². The lowest BCUT2D eigenvalue weighted by atomic mass is 9.88. The molecule has 2 rings (SSSR count). The average Bonchev–Trinajstić information content (AvgIpc) is 2.23. The molecule has 0 aromatic carbocycles. The van der Waals surface area contributed by atoms with E-state index in [1.54, 1.807) is 0 Å². The average molecular weight is 211 g/mol. The molecule has 15 heavy (non-hydrogen) atoms. The third kappa shape index (κ3) is 2.52. The Bertz CT molecular complexity index is 209. The standard InChI is InChI=1S/C12H25N3/c1-12(2)5-4-11(10-14(12)3)15-8-6-13-7-9-15/h11,13H,4-10H2,1-3H3. The number of rotatable bonds is 1. The quantitative estimate of drug-likeness (QED) is 0.691. The van der Waals surface area contributed by atoms with Crippen LogP contribution in [0.5, 0.6) is 0 Å². The normalized spacial score (nSPS) is 34.2. The van der Waals surface area contributed by atoms with E-state index in [1.807, 2.05) is 0 Å². The van der Waals surface area contributed by atoms with Gasteiger partial charge in [-0.3, -0.25) is 9.80 Å². The maximum atomic E-state index is 3.43. The van der Waals surface area contributed by atoms with E-state index in [0.29, 0.717) is 5.54 Å². The summed E-state index contributed by atoms with van der Waals surface area (Å²) in [7, 11) is 2.27.